The maximum atomic E-state index is 12.4. The molecule has 0 aliphatic carbocycles. The number of hydrogen-bond donors (Lipinski definition) is 1. The molecular formula is C22H25N3O3. The molecule has 0 aliphatic rings. The number of amides is 1. The smallest absolute Gasteiger partial charge is 0.263 e. The van der Waals surface area contributed by atoms with Gasteiger partial charge in [-0.25, -0.2) is 4.63 Å². The Bertz CT molecular complexity index is 979. The third kappa shape index (κ3) is 4.22. The number of benzene rings is 2. The van der Waals surface area contributed by atoms with Crippen molar-refractivity contribution in [3.8, 4) is 17.0 Å². The van der Waals surface area contributed by atoms with Crippen LogP contribution in [0, 0.1) is 13.8 Å². The van der Waals surface area contributed by atoms with Crippen molar-refractivity contribution in [3.05, 3.63) is 58.7 Å². The van der Waals surface area contributed by atoms with E-state index in [1.165, 1.54) is 5.56 Å². The second-order valence-corrected chi connectivity index (χ2v) is 6.69. The van der Waals surface area contributed by atoms with Crippen molar-refractivity contribution in [2.45, 2.75) is 40.5 Å². The van der Waals surface area contributed by atoms with Gasteiger partial charge in [0.2, 0.25) is 5.82 Å². The summed E-state index contributed by atoms with van der Waals surface area (Å²) in [7, 11) is 0. The van der Waals surface area contributed by atoms with Gasteiger partial charge in [0.25, 0.3) is 5.91 Å². The Balaban J connectivity index is 1.76. The summed E-state index contributed by atoms with van der Waals surface area (Å²) in [6.07, 6.45) is 1.75. The first-order valence-corrected chi connectivity index (χ1v) is 9.47. The van der Waals surface area contributed by atoms with Crippen molar-refractivity contribution in [3.63, 3.8) is 0 Å². The molecule has 1 amide bonds. The SMILES string of the molecule is CCc1ccc(CC)c(-c2nonc2NC(=O)COc2cccc(C)c2C)c1. The summed E-state index contributed by atoms with van der Waals surface area (Å²) in [6.45, 7) is 8.03. The highest BCUT2D eigenvalue weighted by atomic mass is 16.6. The van der Waals surface area contributed by atoms with Crippen molar-refractivity contribution < 1.29 is 14.2 Å². The first-order chi connectivity index (χ1) is 13.5. The Morgan fingerprint density at radius 3 is 2.68 bits per heavy atom. The number of ether oxygens (including phenoxy) is 1. The van der Waals surface area contributed by atoms with E-state index in [9.17, 15) is 4.79 Å². The van der Waals surface area contributed by atoms with Crippen molar-refractivity contribution in [1.29, 1.82) is 0 Å². The molecule has 1 N–H and O–H groups in total. The summed E-state index contributed by atoms with van der Waals surface area (Å²) in [5.74, 6) is 0.678. The first kappa shape index (κ1) is 19.6. The molecule has 0 atom stereocenters. The Labute approximate surface area is 164 Å². The summed E-state index contributed by atoms with van der Waals surface area (Å²) in [4.78, 5) is 12.4. The standard InChI is InChI=1S/C22H25N3O3/c1-5-16-10-11-17(6-2)18(12-16)21-22(25-28-24-21)23-20(26)13-27-19-9-7-8-14(3)15(19)4/h7-12H,5-6,13H2,1-4H3,(H,23,25,26). The Morgan fingerprint density at radius 2 is 1.93 bits per heavy atom. The minimum atomic E-state index is -0.317. The molecule has 1 heterocycles. The van der Waals surface area contributed by atoms with Gasteiger partial charge in [-0.2, -0.15) is 0 Å². The zero-order valence-corrected chi connectivity index (χ0v) is 16.7. The Kier molecular flexibility index (Phi) is 6.09. The molecule has 0 aliphatic heterocycles. The molecule has 28 heavy (non-hydrogen) atoms. The lowest BCUT2D eigenvalue weighted by atomic mass is 9.98. The van der Waals surface area contributed by atoms with Crippen LogP contribution in [-0.4, -0.2) is 22.8 Å². The minimum absolute atomic E-state index is 0.119. The maximum Gasteiger partial charge on any atom is 0.263 e. The average molecular weight is 379 g/mol. The maximum absolute atomic E-state index is 12.4. The van der Waals surface area contributed by atoms with Crippen LogP contribution in [0.2, 0.25) is 0 Å². The number of nitrogens with zero attached hydrogens (tertiary/aromatic N) is 2. The molecule has 2 aromatic carbocycles. The number of anilines is 1. The van der Waals surface area contributed by atoms with Crippen LogP contribution in [-0.2, 0) is 17.6 Å². The van der Waals surface area contributed by atoms with Crippen LogP contribution in [0.3, 0.4) is 0 Å². The van der Waals surface area contributed by atoms with Crippen LogP contribution in [0.5, 0.6) is 5.75 Å². The number of nitrogens with one attached hydrogen (secondary N) is 1. The van der Waals surface area contributed by atoms with E-state index in [0.717, 1.165) is 35.1 Å². The van der Waals surface area contributed by atoms with E-state index >= 15 is 0 Å². The van der Waals surface area contributed by atoms with Gasteiger partial charge in [0, 0.05) is 5.56 Å². The molecule has 3 rings (SSSR count). The molecule has 0 spiro atoms. The monoisotopic (exact) mass is 379 g/mol. The molecule has 0 bridgehead atoms. The predicted octanol–water partition coefficient (Wildman–Crippen LogP) is 4.50. The van der Waals surface area contributed by atoms with Gasteiger partial charge in [0.1, 0.15) is 5.75 Å². The van der Waals surface area contributed by atoms with Crippen LogP contribution >= 0.6 is 0 Å². The zero-order valence-electron chi connectivity index (χ0n) is 16.7. The van der Waals surface area contributed by atoms with Gasteiger partial charge < -0.3 is 10.1 Å². The van der Waals surface area contributed by atoms with Crippen molar-refractivity contribution in [2.24, 2.45) is 0 Å². The van der Waals surface area contributed by atoms with Crippen molar-refractivity contribution in [2.75, 3.05) is 11.9 Å². The molecule has 0 saturated heterocycles. The van der Waals surface area contributed by atoms with Gasteiger partial charge in [-0.3, -0.25) is 4.79 Å². The fourth-order valence-electron chi connectivity index (χ4n) is 3.01. The third-order valence-corrected chi connectivity index (χ3v) is 4.88. The van der Waals surface area contributed by atoms with E-state index in [2.05, 4.69) is 47.7 Å². The fraction of sp³-hybridized carbons (Fsp3) is 0.318. The van der Waals surface area contributed by atoms with E-state index in [0.29, 0.717) is 17.3 Å². The Hall–Kier alpha value is -3.15. The van der Waals surface area contributed by atoms with Crippen molar-refractivity contribution in [1.82, 2.24) is 10.3 Å². The second-order valence-electron chi connectivity index (χ2n) is 6.69. The van der Waals surface area contributed by atoms with Crippen LogP contribution in [0.15, 0.2) is 41.0 Å². The topological polar surface area (TPSA) is 77.3 Å². The molecule has 0 unspecified atom stereocenters. The summed E-state index contributed by atoms with van der Waals surface area (Å²) in [5, 5.41) is 10.7. The van der Waals surface area contributed by atoms with Gasteiger partial charge >= 0.3 is 0 Å². The first-order valence-electron chi connectivity index (χ1n) is 9.47. The number of hydrogen-bond acceptors (Lipinski definition) is 5. The molecule has 6 nitrogen and oxygen atoms in total. The van der Waals surface area contributed by atoms with E-state index < -0.39 is 0 Å². The molecule has 6 heteroatoms. The number of aryl methyl sites for hydroxylation is 3. The molecule has 146 valence electrons. The van der Waals surface area contributed by atoms with E-state index in [4.69, 9.17) is 9.37 Å². The predicted molar refractivity (Wildman–Crippen MR) is 109 cm³/mol. The van der Waals surface area contributed by atoms with Gasteiger partial charge in [0.05, 0.1) is 0 Å². The lowest BCUT2D eigenvalue weighted by molar-refractivity contribution is -0.118. The summed E-state index contributed by atoms with van der Waals surface area (Å²) < 4.78 is 10.6. The van der Waals surface area contributed by atoms with Gasteiger partial charge in [-0.15, -0.1) is 0 Å². The summed E-state index contributed by atoms with van der Waals surface area (Å²) >= 11 is 0. The number of rotatable bonds is 7. The largest absolute Gasteiger partial charge is 0.483 e. The fourth-order valence-corrected chi connectivity index (χ4v) is 3.01. The van der Waals surface area contributed by atoms with E-state index in [1.54, 1.807) is 0 Å². The quantitative estimate of drug-likeness (QED) is 0.654. The highest BCUT2D eigenvalue weighted by Crippen LogP contribution is 2.29. The van der Waals surface area contributed by atoms with Gasteiger partial charge in [-0.1, -0.05) is 38.1 Å². The molecule has 0 saturated carbocycles. The normalized spacial score (nSPS) is 10.7. The van der Waals surface area contributed by atoms with E-state index in [1.807, 2.05) is 32.0 Å². The Morgan fingerprint density at radius 1 is 1.11 bits per heavy atom. The van der Waals surface area contributed by atoms with Crippen molar-refractivity contribution >= 4 is 11.7 Å². The second kappa shape index (κ2) is 8.69. The van der Waals surface area contributed by atoms with Crippen LogP contribution in [0.1, 0.15) is 36.1 Å². The summed E-state index contributed by atoms with van der Waals surface area (Å²) in [5.41, 5.74) is 5.90. The molecule has 0 radical (unpaired) electrons. The lowest BCUT2D eigenvalue weighted by Gasteiger charge is -2.11. The zero-order chi connectivity index (χ0) is 20.1. The average Bonchev–Trinajstić information content (AvgIpc) is 3.16. The van der Waals surface area contributed by atoms with E-state index in [-0.39, 0.29) is 12.5 Å². The molecule has 1 aromatic heterocycles. The number of carbonyl (C=O) groups is 1. The van der Waals surface area contributed by atoms with Crippen LogP contribution in [0.4, 0.5) is 5.82 Å². The van der Waals surface area contributed by atoms with Crippen LogP contribution in [0.25, 0.3) is 11.3 Å². The van der Waals surface area contributed by atoms with Crippen LogP contribution < -0.4 is 10.1 Å². The van der Waals surface area contributed by atoms with Gasteiger partial charge in [0.15, 0.2) is 12.3 Å². The molecule has 3 aromatic rings. The minimum Gasteiger partial charge on any atom is -0.483 e. The third-order valence-electron chi connectivity index (χ3n) is 4.88. The summed E-state index contributed by atoms with van der Waals surface area (Å²) in [6, 6.07) is 12.0. The molecular weight excluding hydrogens is 354 g/mol. The van der Waals surface area contributed by atoms with Gasteiger partial charge in [-0.05, 0) is 71.4 Å². The number of carbonyl (C=O) groups excluding carboxylic acids is 1. The highest BCUT2D eigenvalue weighted by Gasteiger charge is 2.18. The highest BCUT2D eigenvalue weighted by molar-refractivity contribution is 5.94. The molecule has 0 fully saturated rings. The lowest BCUT2D eigenvalue weighted by Crippen LogP contribution is -2.21. The number of aromatic nitrogens is 2.